The number of aromatic nitrogens is 2. The second kappa shape index (κ2) is 8.22. The monoisotopic (exact) mass is 410 g/mol. The van der Waals surface area contributed by atoms with E-state index in [9.17, 15) is 9.90 Å². The molecule has 0 saturated heterocycles. The van der Waals surface area contributed by atoms with Crippen molar-refractivity contribution < 1.29 is 9.84 Å². The van der Waals surface area contributed by atoms with Crippen molar-refractivity contribution in [3.8, 4) is 16.3 Å². The van der Waals surface area contributed by atoms with E-state index in [2.05, 4.69) is 5.10 Å². The van der Waals surface area contributed by atoms with E-state index in [1.165, 1.54) is 10.7 Å². The van der Waals surface area contributed by atoms with Crippen molar-refractivity contribution in [3.05, 3.63) is 67.7 Å². The van der Waals surface area contributed by atoms with Gasteiger partial charge in [-0.2, -0.15) is 5.10 Å². The van der Waals surface area contributed by atoms with E-state index in [0.717, 1.165) is 9.75 Å². The summed E-state index contributed by atoms with van der Waals surface area (Å²) < 4.78 is 6.74. The van der Waals surface area contributed by atoms with Gasteiger partial charge in [0.2, 0.25) is 0 Å². The van der Waals surface area contributed by atoms with Crippen molar-refractivity contribution >= 4 is 34.5 Å². The van der Waals surface area contributed by atoms with Gasteiger partial charge in [0.15, 0.2) is 0 Å². The van der Waals surface area contributed by atoms with Gasteiger partial charge in [-0.1, -0.05) is 23.2 Å². The van der Waals surface area contributed by atoms with Crippen molar-refractivity contribution in [1.82, 2.24) is 9.78 Å². The normalized spacial score (nSPS) is 12.2. The van der Waals surface area contributed by atoms with Crippen molar-refractivity contribution in [1.29, 1.82) is 0 Å². The molecule has 3 aromatic rings. The number of thiophene rings is 1. The highest BCUT2D eigenvalue weighted by atomic mass is 35.5. The van der Waals surface area contributed by atoms with E-state index in [1.807, 2.05) is 19.1 Å². The molecule has 0 radical (unpaired) electrons. The predicted octanol–water partition coefficient (Wildman–Crippen LogP) is 4.03. The summed E-state index contributed by atoms with van der Waals surface area (Å²) in [6.07, 6.45) is -0.924. The third kappa shape index (κ3) is 4.65. The molecule has 5 nitrogen and oxygen atoms in total. The standard InChI is InChI=1S/C18H16Cl2N2O3S/c1-11-2-6-17(26-11)15-4-7-18(24)22(21-15)9-13(23)10-25-16-5-3-12(19)8-14(16)20/h2-8,13,23H,9-10H2,1H3. The van der Waals surface area contributed by atoms with Gasteiger partial charge >= 0.3 is 0 Å². The van der Waals surface area contributed by atoms with Gasteiger partial charge < -0.3 is 9.84 Å². The van der Waals surface area contributed by atoms with Gasteiger partial charge in [0.1, 0.15) is 24.2 Å². The Bertz CT molecular complexity index is 971. The molecule has 0 bridgehead atoms. The molecule has 0 aliphatic heterocycles. The first-order valence-corrected chi connectivity index (χ1v) is 9.40. The topological polar surface area (TPSA) is 64.4 Å². The summed E-state index contributed by atoms with van der Waals surface area (Å²) in [6.45, 7) is 1.99. The highest BCUT2D eigenvalue weighted by molar-refractivity contribution is 7.15. The number of aryl methyl sites for hydroxylation is 1. The molecule has 2 heterocycles. The summed E-state index contributed by atoms with van der Waals surface area (Å²) in [5, 5.41) is 15.4. The second-order valence-corrected chi connectivity index (χ2v) is 7.82. The molecule has 0 fully saturated rings. The number of benzene rings is 1. The third-order valence-electron chi connectivity index (χ3n) is 3.57. The van der Waals surface area contributed by atoms with Gasteiger partial charge in [-0.15, -0.1) is 11.3 Å². The fourth-order valence-electron chi connectivity index (χ4n) is 2.31. The summed E-state index contributed by atoms with van der Waals surface area (Å²) in [6, 6.07) is 11.9. The maximum Gasteiger partial charge on any atom is 0.266 e. The molecule has 1 aromatic carbocycles. The first-order chi connectivity index (χ1) is 12.4. The fourth-order valence-corrected chi connectivity index (χ4v) is 3.61. The molecule has 0 spiro atoms. The Labute approximate surface area is 164 Å². The van der Waals surface area contributed by atoms with Crippen molar-refractivity contribution in [3.63, 3.8) is 0 Å². The van der Waals surface area contributed by atoms with Gasteiger partial charge in [-0.25, -0.2) is 4.68 Å². The Hall–Kier alpha value is -1.86. The highest BCUT2D eigenvalue weighted by Crippen LogP contribution is 2.27. The highest BCUT2D eigenvalue weighted by Gasteiger charge is 2.12. The largest absolute Gasteiger partial charge is 0.489 e. The molecule has 1 N–H and O–H groups in total. The fraction of sp³-hybridized carbons (Fsp3) is 0.222. The Morgan fingerprint density at radius 1 is 1.23 bits per heavy atom. The number of hydrogen-bond donors (Lipinski definition) is 1. The van der Waals surface area contributed by atoms with Crippen LogP contribution in [0, 0.1) is 6.92 Å². The smallest absolute Gasteiger partial charge is 0.266 e. The Morgan fingerprint density at radius 2 is 2.04 bits per heavy atom. The lowest BCUT2D eigenvalue weighted by molar-refractivity contribution is 0.0881. The maximum absolute atomic E-state index is 12.0. The number of ether oxygens (including phenoxy) is 1. The molecule has 8 heteroatoms. The minimum Gasteiger partial charge on any atom is -0.489 e. The lowest BCUT2D eigenvalue weighted by Crippen LogP contribution is -2.31. The minimum atomic E-state index is -0.924. The van der Waals surface area contributed by atoms with E-state index in [0.29, 0.717) is 21.5 Å². The zero-order valence-corrected chi connectivity index (χ0v) is 16.2. The van der Waals surface area contributed by atoms with Crippen LogP contribution in [0.15, 0.2) is 47.3 Å². The molecule has 3 rings (SSSR count). The van der Waals surface area contributed by atoms with E-state index < -0.39 is 6.10 Å². The van der Waals surface area contributed by atoms with E-state index in [1.54, 1.807) is 35.6 Å². The lowest BCUT2D eigenvalue weighted by Gasteiger charge is -2.14. The Balaban J connectivity index is 1.68. The first kappa shape index (κ1) is 18.9. The Morgan fingerprint density at radius 3 is 2.73 bits per heavy atom. The zero-order valence-electron chi connectivity index (χ0n) is 13.9. The van der Waals surface area contributed by atoms with Gasteiger partial charge in [-0.05, 0) is 43.3 Å². The number of rotatable bonds is 6. The van der Waals surface area contributed by atoms with Crippen LogP contribution in [0.4, 0.5) is 0 Å². The minimum absolute atomic E-state index is 0.0161. The first-order valence-electron chi connectivity index (χ1n) is 7.83. The van der Waals surface area contributed by atoms with E-state index >= 15 is 0 Å². The van der Waals surface area contributed by atoms with Gasteiger partial charge in [0.05, 0.1) is 16.4 Å². The average molecular weight is 411 g/mol. The molecule has 1 atom stereocenters. The van der Waals surface area contributed by atoms with Crippen LogP contribution in [0.1, 0.15) is 4.88 Å². The number of aliphatic hydroxyl groups is 1. The zero-order chi connectivity index (χ0) is 18.7. The van der Waals surface area contributed by atoms with Crippen LogP contribution >= 0.6 is 34.5 Å². The molecule has 0 aliphatic carbocycles. The van der Waals surface area contributed by atoms with Gasteiger partial charge in [0, 0.05) is 16.0 Å². The van der Waals surface area contributed by atoms with Gasteiger partial charge in [-0.3, -0.25) is 4.79 Å². The maximum atomic E-state index is 12.0. The number of nitrogens with zero attached hydrogens (tertiary/aromatic N) is 2. The predicted molar refractivity (Wildman–Crippen MR) is 105 cm³/mol. The molecule has 26 heavy (non-hydrogen) atoms. The summed E-state index contributed by atoms with van der Waals surface area (Å²) >= 11 is 13.5. The van der Waals surface area contributed by atoms with E-state index in [4.69, 9.17) is 27.9 Å². The van der Waals surface area contributed by atoms with Crippen LogP contribution in [0.5, 0.6) is 5.75 Å². The summed E-state index contributed by atoms with van der Waals surface area (Å²) in [5.41, 5.74) is 0.405. The number of hydrogen-bond acceptors (Lipinski definition) is 5. The summed E-state index contributed by atoms with van der Waals surface area (Å²) in [5.74, 6) is 0.415. The number of aliphatic hydroxyl groups excluding tert-OH is 1. The molecular weight excluding hydrogens is 395 g/mol. The second-order valence-electron chi connectivity index (χ2n) is 5.69. The van der Waals surface area contributed by atoms with E-state index in [-0.39, 0.29) is 18.7 Å². The Kier molecular flexibility index (Phi) is 5.98. The van der Waals surface area contributed by atoms with Crippen LogP contribution in [0.25, 0.3) is 10.6 Å². The molecule has 2 aromatic heterocycles. The van der Waals surface area contributed by atoms with Crippen LogP contribution in [0.2, 0.25) is 10.0 Å². The summed E-state index contributed by atoms with van der Waals surface area (Å²) in [4.78, 5) is 14.2. The van der Waals surface area contributed by atoms with Crippen LogP contribution < -0.4 is 10.3 Å². The molecule has 0 amide bonds. The third-order valence-corrected chi connectivity index (χ3v) is 5.12. The lowest BCUT2D eigenvalue weighted by atomic mass is 10.3. The SMILES string of the molecule is Cc1ccc(-c2ccc(=O)n(CC(O)COc3ccc(Cl)cc3Cl)n2)s1. The quantitative estimate of drug-likeness (QED) is 0.666. The summed E-state index contributed by atoms with van der Waals surface area (Å²) in [7, 11) is 0. The van der Waals surface area contributed by atoms with Gasteiger partial charge in [0.25, 0.3) is 5.56 Å². The molecule has 136 valence electrons. The van der Waals surface area contributed by atoms with Crippen LogP contribution in [0.3, 0.4) is 0 Å². The van der Waals surface area contributed by atoms with Crippen molar-refractivity contribution in [2.45, 2.75) is 19.6 Å². The molecular formula is C18H16Cl2N2O3S. The molecule has 0 saturated carbocycles. The van der Waals surface area contributed by atoms with Crippen LogP contribution in [-0.2, 0) is 6.54 Å². The molecule has 1 unspecified atom stereocenters. The van der Waals surface area contributed by atoms with Crippen LogP contribution in [-0.4, -0.2) is 27.6 Å². The average Bonchev–Trinajstić information content (AvgIpc) is 3.02. The van der Waals surface area contributed by atoms with Crippen molar-refractivity contribution in [2.75, 3.05) is 6.61 Å². The van der Waals surface area contributed by atoms with Crippen molar-refractivity contribution in [2.24, 2.45) is 0 Å². The molecule has 0 aliphatic rings. The number of halogens is 2.